The molecule has 0 saturated carbocycles. The predicted molar refractivity (Wildman–Crippen MR) is 114 cm³/mol. The highest BCUT2D eigenvalue weighted by atomic mass is 16.5. The molecule has 1 atom stereocenters. The van der Waals surface area contributed by atoms with Crippen LogP contribution < -0.4 is 10.6 Å². The van der Waals surface area contributed by atoms with Crippen LogP contribution in [0.25, 0.3) is 11.3 Å². The van der Waals surface area contributed by atoms with Gasteiger partial charge in [-0.3, -0.25) is 9.59 Å². The monoisotopic (exact) mass is 403 g/mol. The number of fused-ring (bicyclic) bond motifs is 1. The molecule has 2 aromatic carbocycles. The summed E-state index contributed by atoms with van der Waals surface area (Å²) in [6, 6.07) is 17.3. The maximum Gasteiger partial charge on any atom is 0.273 e. The number of carbonyl (C=O) groups is 2. The van der Waals surface area contributed by atoms with Crippen molar-refractivity contribution in [2.24, 2.45) is 0 Å². The normalized spacial score (nSPS) is 13.9. The van der Waals surface area contributed by atoms with Crippen LogP contribution in [0.1, 0.15) is 53.0 Å². The second kappa shape index (κ2) is 8.95. The molecule has 2 N–H and O–H groups in total. The fraction of sp³-hybridized carbons (Fsp3) is 0.292. The Hall–Kier alpha value is -3.41. The van der Waals surface area contributed by atoms with E-state index in [4.69, 9.17) is 4.52 Å². The highest BCUT2D eigenvalue weighted by molar-refractivity contribution is 5.95. The Morgan fingerprint density at radius 1 is 1.03 bits per heavy atom. The van der Waals surface area contributed by atoms with Crippen molar-refractivity contribution in [3.8, 4) is 11.3 Å². The first kappa shape index (κ1) is 19.9. The molecule has 2 amide bonds. The molecule has 4 rings (SSSR count). The van der Waals surface area contributed by atoms with Gasteiger partial charge in [0.25, 0.3) is 5.91 Å². The van der Waals surface area contributed by atoms with E-state index in [2.05, 4.69) is 34.0 Å². The summed E-state index contributed by atoms with van der Waals surface area (Å²) in [5.74, 6) is -0.191. The zero-order valence-corrected chi connectivity index (χ0v) is 17.0. The number of hydrogen-bond donors (Lipinski definition) is 2. The van der Waals surface area contributed by atoms with E-state index < -0.39 is 5.91 Å². The molecular weight excluding hydrogens is 378 g/mol. The minimum absolute atomic E-state index is 0.123. The van der Waals surface area contributed by atoms with E-state index in [0.717, 1.165) is 24.0 Å². The van der Waals surface area contributed by atoms with Crippen LogP contribution in [0.4, 0.5) is 0 Å². The summed E-state index contributed by atoms with van der Waals surface area (Å²) >= 11 is 0. The Labute approximate surface area is 175 Å². The number of carbonyl (C=O) groups excluding carboxylic acids is 2. The van der Waals surface area contributed by atoms with E-state index in [9.17, 15) is 9.59 Å². The van der Waals surface area contributed by atoms with Crippen LogP contribution in [-0.4, -0.2) is 23.5 Å². The molecule has 1 aliphatic carbocycles. The third kappa shape index (κ3) is 4.59. The molecule has 0 saturated heterocycles. The molecule has 6 heteroatoms. The van der Waals surface area contributed by atoms with Crippen LogP contribution in [-0.2, 0) is 17.6 Å². The van der Waals surface area contributed by atoms with Crippen LogP contribution in [0.5, 0.6) is 0 Å². The Morgan fingerprint density at radius 2 is 1.80 bits per heavy atom. The van der Waals surface area contributed by atoms with E-state index in [0.29, 0.717) is 5.76 Å². The Kier molecular flexibility index (Phi) is 5.93. The summed E-state index contributed by atoms with van der Waals surface area (Å²) in [5.41, 5.74) is 4.86. The third-order valence-electron chi connectivity index (χ3n) is 5.46. The van der Waals surface area contributed by atoms with E-state index >= 15 is 0 Å². The highest BCUT2D eigenvalue weighted by Gasteiger charge is 2.17. The number of aromatic nitrogens is 1. The van der Waals surface area contributed by atoms with Gasteiger partial charge in [-0.2, -0.15) is 0 Å². The summed E-state index contributed by atoms with van der Waals surface area (Å²) in [5, 5.41) is 9.34. The van der Waals surface area contributed by atoms with Crippen molar-refractivity contribution in [1.82, 2.24) is 15.8 Å². The van der Waals surface area contributed by atoms with Crippen molar-refractivity contribution in [2.75, 3.05) is 6.54 Å². The Bertz CT molecular complexity index is 1040. The number of amides is 2. The summed E-state index contributed by atoms with van der Waals surface area (Å²) in [7, 11) is 0. The molecule has 30 heavy (non-hydrogen) atoms. The average molecular weight is 403 g/mol. The van der Waals surface area contributed by atoms with Gasteiger partial charge < -0.3 is 15.2 Å². The lowest BCUT2D eigenvalue weighted by molar-refractivity contribution is -0.120. The largest absolute Gasteiger partial charge is 0.355 e. The molecular formula is C24H25N3O3. The third-order valence-corrected chi connectivity index (χ3v) is 5.46. The lowest BCUT2D eigenvalue weighted by atomic mass is 9.89. The standard InChI is InChI=1S/C24H25N3O3/c1-16(19-12-11-17-7-5-6-10-20(17)13-19)26-23(28)15-25-24(29)21-14-22(30-27-21)18-8-3-2-4-9-18/h2-4,8-9,11-14,16H,5-7,10,15H2,1H3,(H,25,29)(H,26,28). The van der Waals surface area contributed by atoms with Crippen molar-refractivity contribution in [1.29, 1.82) is 0 Å². The van der Waals surface area contributed by atoms with Crippen molar-refractivity contribution in [3.63, 3.8) is 0 Å². The van der Waals surface area contributed by atoms with Gasteiger partial charge in [-0.05, 0) is 49.3 Å². The van der Waals surface area contributed by atoms with E-state index in [1.807, 2.05) is 37.3 Å². The lowest BCUT2D eigenvalue weighted by Crippen LogP contribution is -2.38. The van der Waals surface area contributed by atoms with Gasteiger partial charge in [0.05, 0.1) is 12.6 Å². The Morgan fingerprint density at radius 3 is 2.60 bits per heavy atom. The predicted octanol–water partition coefficient (Wildman–Crippen LogP) is 3.83. The first-order valence-electron chi connectivity index (χ1n) is 10.3. The van der Waals surface area contributed by atoms with Crippen molar-refractivity contribution in [2.45, 2.75) is 38.6 Å². The first-order valence-corrected chi connectivity index (χ1v) is 10.3. The van der Waals surface area contributed by atoms with Gasteiger partial charge in [0.2, 0.25) is 5.91 Å². The molecule has 3 aromatic rings. The molecule has 154 valence electrons. The number of rotatable bonds is 6. The Balaban J connectivity index is 1.30. The second-order valence-electron chi connectivity index (χ2n) is 7.65. The van der Waals surface area contributed by atoms with Crippen molar-refractivity contribution < 1.29 is 14.1 Å². The fourth-order valence-electron chi connectivity index (χ4n) is 3.77. The highest BCUT2D eigenvalue weighted by Crippen LogP contribution is 2.24. The van der Waals surface area contributed by atoms with Gasteiger partial charge in [0.1, 0.15) is 0 Å². The quantitative estimate of drug-likeness (QED) is 0.655. The SMILES string of the molecule is CC(NC(=O)CNC(=O)c1cc(-c2ccccc2)on1)c1ccc2c(c1)CCCC2. The van der Waals surface area contributed by atoms with E-state index in [1.54, 1.807) is 6.07 Å². The summed E-state index contributed by atoms with van der Waals surface area (Å²) in [6.07, 6.45) is 4.70. The van der Waals surface area contributed by atoms with Gasteiger partial charge >= 0.3 is 0 Å². The molecule has 1 heterocycles. The number of hydrogen-bond acceptors (Lipinski definition) is 4. The number of aryl methyl sites for hydroxylation is 2. The number of benzene rings is 2. The molecule has 0 radical (unpaired) electrons. The van der Waals surface area contributed by atoms with Gasteiger partial charge in [-0.15, -0.1) is 0 Å². The zero-order chi connectivity index (χ0) is 20.9. The van der Waals surface area contributed by atoms with Crippen LogP contribution in [0.2, 0.25) is 0 Å². The molecule has 0 spiro atoms. The van der Waals surface area contributed by atoms with Crippen LogP contribution in [0, 0.1) is 0 Å². The number of nitrogens with one attached hydrogen (secondary N) is 2. The van der Waals surface area contributed by atoms with Crippen LogP contribution >= 0.6 is 0 Å². The van der Waals surface area contributed by atoms with Gasteiger partial charge in [0.15, 0.2) is 11.5 Å². The summed E-state index contributed by atoms with van der Waals surface area (Å²) in [4.78, 5) is 24.6. The van der Waals surface area contributed by atoms with E-state index in [-0.39, 0.29) is 24.2 Å². The molecule has 6 nitrogen and oxygen atoms in total. The molecule has 1 aliphatic rings. The minimum Gasteiger partial charge on any atom is -0.355 e. The van der Waals surface area contributed by atoms with Gasteiger partial charge in [0, 0.05) is 11.6 Å². The molecule has 1 unspecified atom stereocenters. The van der Waals surface area contributed by atoms with Gasteiger partial charge in [-0.1, -0.05) is 53.7 Å². The number of nitrogens with zero attached hydrogens (tertiary/aromatic N) is 1. The van der Waals surface area contributed by atoms with E-state index in [1.165, 1.54) is 24.0 Å². The fourth-order valence-corrected chi connectivity index (χ4v) is 3.77. The topological polar surface area (TPSA) is 84.2 Å². The molecule has 1 aromatic heterocycles. The minimum atomic E-state index is -0.447. The average Bonchev–Trinajstić information content (AvgIpc) is 3.28. The first-order chi connectivity index (χ1) is 14.6. The molecule has 0 aliphatic heterocycles. The van der Waals surface area contributed by atoms with Crippen molar-refractivity contribution in [3.05, 3.63) is 77.0 Å². The lowest BCUT2D eigenvalue weighted by Gasteiger charge is -2.20. The smallest absolute Gasteiger partial charge is 0.273 e. The van der Waals surface area contributed by atoms with Gasteiger partial charge in [-0.25, -0.2) is 0 Å². The van der Waals surface area contributed by atoms with Crippen LogP contribution in [0.15, 0.2) is 59.1 Å². The molecule has 0 fully saturated rings. The second-order valence-corrected chi connectivity index (χ2v) is 7.65. The maximum absolute atomic E-state index is 12.3. The summed E-state index contributed by atoms with van der Waals surface area (Å²) < 4.78 is 5.24. The molecule has 0 bridgehead atoms. The zero-order valence-electron chi connectivity index (χ0n) is 17.0. The van der Waals surface area contributed by atoms with Crippen LogP contribution in [0.3, 0.4) is 0 Å². The van der Waals surface area contributed by atoms with Crippen molar-refractivity contribution >= 4 is 11.8 Å². The maximum atomic E-state index is 12.3. The summed E-state index contributed by atoms with van der Waals surface area (Å²) in [6.45, 7) is 1.83.